The number of rotatable bonds is 2. The van der Waals surface area contributed by atoms with Crippen molar-refractivity contribution in [2.75, 3.05) is 6.61 Å². The standard InChI is InChI=1S/C15H14O4/c1-9-7-13(18-10(9)2)15(16)14-8-17-11-5-3-4-6-12(11)19-14/h3-7,14H,8H2,1-2H3. The molecule has 1 aromatic carbocycles. The lowest BCUT2D eigenvalue weighted by Gasteiger charge is -2.24. The van der Waals surface area contributed by atoms with Crippen LogP contribution in [0.15, 0.2) is 34.7 Å². The number of hydrogen-bond donors (Lipinski definition) is 0. The molecule has 0 saturated carbocycles. The van der Waals surface area contributed by atoms with E-state index in [1.807, 2.05) is 32.0 Å². The summed E-state index contributed by atoms with van der Waals surface area (Å²) in [4.78, 5) is 12.3. The predicted octanol–water partition coefficient (Wildman–Crippen LogP) is 2.92. The van der Waals surface area contributed by atoms with Crippen LogP contribution in [-0.4, -0.2) is 18.5 Å². The second-order valence-corrected chi connectivity index (χ2v) is 4.58. The number of ketones is 1. The maximum Gasteiger partial charge on any atom is 0.241 e. The Kier molecular flexibility index (Phi) is 2.78. The maximum atomic E-state index is 12.3. The number of para-hydroxylation sites is 2. The molecule has 3 rings (SSSR count). The molecule has 0 spiro atoms. The first-order valence-corrected chi connectivity index (χ1v) is 6.15. The van der Waals surface area contributed by atoms with Gasteiger partial charge in [0, 0.05) is 0 Å². The average molecular weight is 258 g/mol. The van der Waals surface area contributed by atoms with Crippen molar-refractivity contribution < 1.29 is 18.7 Å². The Morgan fingerprint density at radius 2 is 1.95 bits per heavy atom. The van der Waals surface area contributed by atoms with E-state index in [4.69, 9.17) is 13.9 Å². The van der Waals surface area contributed by atoms with E-state index in [9.17, 15) is 4.79 Å². The van der Waals surface area contributed by atoms with Gasteiger partial charge < -0.3 is 13.9 Å². The molecule has 19 heavy (non-hydrogen) atoms. The van der Waals surface area contributed by atoms with Crippen LogP contribution in [0.5, 0.6) is 11.5 Å². The zero-order valence-electron chi connectivity index (χ0n) is 10.8. The van der Waals surface area contributed by atoms with Crippen LogP contribution >= 0.6 is 0 Å². The van der Waals surface area contributed by atoms with Crippen molar-refractivity contribution in [2.24, 2.45) is 0 Å². The fourth-order valence-corrected chi connectivity index (χ4v) is 2.00. The highest BCUT2D eigenvalue weighted by molar-refractivity contribution is 5.97. The van der Waals surface area contributed by atoms with E-state index in [0.29, 0.717) is 17.3 Å². The van der Waals surface area contributed by atoms with Gasteiger partial charge in [0.15, 0.2) is 23.4 Å². The molecule has 1 aliphatic heterocycles. The zero-order valence-corrected chi connectivity index (χ0v) is 10.8. The predicted molar refractivity (Wildman–Crippen MR) is 68.9 cm³/mol. The molecule has 0 N–H and O–H groups in total. The van der Waals surface area contributed by atoms with Crippen LogP contribution in [0, 0.1) is 13.8 Å². The van der Waals surface area contributed by atoms with Crippen molar-refractivity contribution in [3.8, 4) is 11.5 Å². The van der Waals surface area contributed by atoms with Crippen LogP contribution in [0.3, 0.4) is 0 Å². The molecular formula is C15H14O4. The SMILES string of the molecule is Cc1cc(C(=O)C2COc3ccccc3O2)oc1C. The van der Waals surface area contributed by atoms with E-state index in [0.717, 1.165) is 11.3 Å². The Labute approximate surface area is 110 Å². The summed E-state index contributed by atoms with van der Waals surface area (Å²) >= 11 is 0. The Bertz CT molecular complexity index is 607. The summed E-state index contributed by atoms with van der Waals surface area (Å²) in [5, 5.41) is 0. The lowest BCUT2D eigenvalue weighted by Crippen LogP contribution is -2.36. The number of carbonyl (C=O) groups is 1. The number of furan rings is 1. The van der Waals surface area contributed by atoms with Gasteiger partial charge in [-0.15, -0.1) is 0 Å². The molecule has 4 nitrogen and oxygen atoms in total. The second kappa shape index (κ2) is 4.46. The van der Waals surface area contributed by atoms with Crippen LogP contribution in [0.2, 0.25) is 0 Å². The van der Waals surface area contributed by atoms with Gasteiger partial charge in [0.2, 0.25) is 5.78 Å². The number of hydrogen-bond acceptors (Lipinski definition) is 4. The molecule has 1 aliphatic rings. The third-order valence-corrected chi connectivity index (χ3v) is 3.21. The van der Waals surface area contributed by atoms with Crippen molar-refractivity contribution in [1.82, 2.24) is 0 Å². The van der Waals surface area contributed by atoms with Gasteiger partial charge in [-0.2, -0.15) is 0 Å². The number of carbonyl (C=O) groups excluding carboxylic acids is 1. The summed E-state index contributed by atoms with van der Waals surface area (Å²) in [7, 11) is 0. The minimum atomic E-state index is -0.653. The Morgan fingerprint density at radius 3 is 2.63 bits per heavy atom. The van der Waals surface area contributed by atoms with E-state index in [2.05, 4.69) is 0 Å². The molecule has 0 fully saturated rings. The lowest BCUT2D eigenvalue weighted by atomic mass is 10.1. The molecule has 0 amide bonds. The van der Waals surface area contributed by atoms with E-state index in [1.54, 1.807) is 12.1 Å². The molecule has 98 valence electrons. The molecule has 0 bridgehead atoms. The minimum Gasteiger partial charge on any atom is -0.485 e. The highest BCUT2D eigenvalue weighted by Gasteiger charge is 2.30. The van der Waals surface area contributed by atoms with Crippen molar-refractivity contribution in [2.45, 2.75) is 20.0 Å². The molecule has 0 radical (unpaired) electrons. The molecule has 2 heterocycles. The largest absolute Gasteiger partial charge is 0.485 e. The molecule has 1 atom stereocenters. The number of aryl methyl sites for hydroxylation is 2. The first-order chi connectivity index (χ1) is 9.15. The summed E-state index contributed by atoms with van der Waals surface area (Å²) in [5.74, 6) is 2.14. The molecule has 0 saturated heterocycles. The molecule has 2 aromatic rings. The smallest absolute Gasteiger partial charge is 0.241 e. The Hall–Kier alpha value is -2.23. The summed E-state index contributed by atoms with van der Waals surface area (Å²) in [6.07, 6.45) is -0.653. The minimum absolute atomic E-state index is 0.189. The molecular weight excluding hydrogens is 244 g/mol. The first kappa shape index (κ1) is 11.8. The highest BCUT2D eigenvalue weighted by Crippen LogP contribution is 2.31. The Balaban J connectivity index is 1.83. The van der Waals surface area contributed by atoms with Gasteiger partial charge in [0.1, 0.15) is 12.4 Å². The third kappa shape index (κ3) is 2.10. The van der Waals surface area contributed by atoms with E-state index in [1.165, 1.54) is 0 Å². The quantitative estimate of drug-likeness (QED) is 0.777. The molecule has 4 heteroatoms. The number of fused-ring (bicyclic) bond motifs is 1. The van der Waals surface area contributed by atoms with Crippen molar-refractivity contribution in [1.29, 1.82) is 0 Å². The van der Waals surface area contributed by atoms with Crippen LogP contribution < -0.4 is 9.47 Å². The van der Waals surface area contributed by atoms with Crippen LogP contribution in [0.25, 0.3) is 0 Å². The summed E-state index contributed by atoms with van der Waals surface area (Å²) < 4.78 is 16.6. The normalized spacial score (nSPS) is 17.3. The number of benzene rings is 1. The average Bonchev–Trinajstić information content (AvgIpc) is 2.77. The third-order valence-electron chi connectivity index (χ3n) is 3.21. The van der Waals surface area contributed by atoms with E-state index < -0.39 is 6.10 Å². The zero-order chi connectivity index (χ0) is 13.4. The molecule has 0 aliphatic carbocycles. The van der Waals surface area contributed by atoms with Gasteiger partial charge in [0.25, 0.3) is 0 Å². The highest BCUT2D eigenvalue weighted by atomic mass is 16.6. The first-order valence-electron chi connectivity index (χ1n) is 6.15. The molecule has 1 aromatic heterocycles. The van der Waals surface area contributed by atoms with Gasteiger partial charge in [-0.3, -0.25) is 4.79 Å². The van der Waals surface area contributed by atoms with Crippen molar-refractivity contribution >= 4 is 5.78 Å². The fraction of sp³-hybridized carbons (Fsp3) is 0.267. The number of Topliss-reactive ketones (excluding diaryl/α,β-unsaturated/α-hetero) is 1. The van der Waals surface area contributed by atoms with Gasteiger partial charge in [-0.25, -0.2) is 0 Å². The van der Waals surface area contributed by atoms with Gasteiger partial charge in [0.05, 0.1) is 0 Å². The van der Waals surface area contributed by atoms with Crippen LogP contribution in [0.4, 0.5) is 0 Å². The monoisotopic (exact) mass is 258 g/mol. The lowest BCUT2D eigenvalue weighted by molar-refractivity contribution is 0.0558. The topological polar surface area (TPSA) is 48.7 Å². The second-order valence-electron chi connectivity index (χ2n) is 4.58. The van der Waals surface area contributed by atoms with Crippen molar-refractivity contribution in [3.63, 3.8) is 0 Å². The summed E-state index contributed by atoms with van der Waals surface area (Å²) in [5.41, 5.74) is 0.959. The van der Waals surface area contributed by atoms with Gasteiger partial charge in [-0.1, -0.05) is 12.1 Å². The van der Waals surface area contributed by atoms with E-state index in [-0.39, 0.29) is 12.4 Å². The van der Waals surface area contributed by atoms with Gasteiger partial charge in [-0.05, 0) is 37.6 Å². The van der Waals surface area contributed by atoms with Crippen LogP contribution in [0.1, 0.15) is 21.9 Å². The summed E-state index contributed by atoms with van der Waals surface area (Å²) in [6.45, 7) is 3.94. The van der Waals surface area contributed by atoms with Gasteiger partial charge >= 0.3 is 0 Å². The maximum absolute atomic E-state index is 12.3. The summed E-state index contributed by atoms with van der Waals surface area (Å²) in [6, 6.07) is 9.05. The Morgan fingerprint density at radius 1 is 1.21 bits per heavy atom. The molecule has 1 unspecified atom stereocenters. The fourth-order valence-electron chi connectivity index (χ4n) is 2.00. The van der Waals surface area contributed by atoms with Crippen molar-refractivity contribution in [3.05, 3.63) is 47.4 Å². The van der Waals surface area contributed by atoms with Crippen LogP contribution in [-0.2, 0) is 0 Å². The number of ether oxygens (including phenoxy) is 2. The van der Waals surface area contributed by atoms with E-state index >= 15 is 0 Å².